The predicted octanol–water partition coefficient (Wildman–Crippen LogP) is 14.8. The van der Waals surface area contributed by atoms with Crippen molar-refractivity contribution < 1.29 is 13.6 Å². The lowest BCUT2D eigenvalue weighted by Gasteiger charge is -2.17. The highest BCUT2D eigenvalue weighted by atomic mass is 31.2. The normalized spacial score (nSPS) is 12.0. The molecule has 0 fully saturated rings. The third-order valence-corrected chi connectivity index (χ3v) is 10.9. The quantitative estimate of drug-likeness (QED) is 0.0516. The molecule has 0 saturated heterocycles. The van der Waals surface area contributed by atoms with Crippen molar-refractivity contribution in [2.45, 2.75) is 226 Å². The number of unbranched alkanes of at least 4 members (excludes halogenated alkanes) is 30. The zero-order chi connectivity index (χ0) is 30.7. The topological polar surface area (TPSA) is 35.5 Å². The zero-order valence-electron chi connectivity index (χ0n) is 29.4. The van der Waals surface area contributed by atoms with E-state index >= 15 is 0 Å². The maximum atomic E-state index is 12.9. The molecule has 0 amide bonds. The Morgan fingerprint density at radius 3 is 0.690 bits per heavy atom. The highest BCUT2D eigenvalue weighted by Gasteiger charge is 2.21. The van der Waals surface area contributed by atoms with Crippen LogP contribution in [0.4, 0.5) is 0 Å². The Morgan fingerprint density at radius 1 is 0.310 bits per heavy atom. The van der Waals surface area contributed by atoms with Gasteiger partial charge in [-0.2, -0.15) is 0 Å². The van der Waals surface area contributed by atoms with Crippen LogP contribution in [0.25, 0.3) is 0 Å². The molecule has 0 aromatic rings. The number of hydrogen-bond donors (Lipinski definition) is 0. The minimum atomic E-state index is -2.88. The summed E-state index contributed by atoms with van der Waals surface area (Å²) < 4.78 is 24.4. The Labute approximate surface area is 266 Å². The van der Waals surface area contributed by atoms with Gasteiger partial charge in [0.1, 0.15) is 0 Å². The van der Waals surface area contributed by atoms with Gasteiger partial charge in [-0.15, -0.1) is 0 Å². The van der Waals surface area contributed by atoms with Gasteiger partial charge < -0.3 is 9.05 Å². The molecule has 0 saturated carbocycles. The average Bonchev–Trinajstić information content (AvgIpc) is 3.00. The van der Waals surface area contributed by atoms with E-state index in [1.54, 1.807) is 0 Å². The standard InChI is InChI=1S/C38H79O3P/c1-4-7-9-11-13-15-17-19-21-23-25-27-29-31-33-35-37-40-42(39,6-3)41-38-36-34-32-30-28-26-24-22-20-18-16-14-12-10-8-5-2/h4-38H2,1-3H3. The van der Waals surface area contributed by atoms with Crippen molar-refractivity contribution in [1.29, 1.82) is 0 Å². The first-order chi connectivity index (χ1) is 20.7. The average molecular weight is 615 g/mol. The molecule has 0 aromatic heterocycles. The Morgan fingerprint density at radius 2 is 0.500 bits per heavy atom. The van der Waals surface area contributed by atoms with Crippen LogP contribution in [0.3, 0.4) is 0 Å². The van der Waals surface area contributed by atoms with Gasteiger partial charge in [-0.1, -0.05) is 213 Å². The summed E-state index contributed by atoms with van der Waals surface area (Å²) in [6, 6.07) is 0. The van der Waals surface area contributed by atoms with Gasteiger partial charge in [-0.05, 0) is 12.8 Å². The van der Waals surface area contributed by atoms with Gasteiger partial charge in [0.2, 0.25) is 0 Å². The van der Waals surface area contributed by atoms with Gasteiger partial charge in [-0.25, -0.2) is 0 Å². The van der Waals surface area contributed by atoms with Crippen LogP contribution in [0.5, 0.6) is 0 Å². The Bertz CT molecular complexity index is 496. The first kappa shape index (κ1) is 42.1. The lowest BCUT2D eigenvalue weighted by Crippen LogP contribution is -2.01. The van der Waals surface area contributed by atoms with Crippen molar-refractivity contribution in [2.75, 3.05) is 19.4 Å². The SMILES string of the molecule is CCCCCCCCCCCCCCCCCCOP(=O)(CC)OCCCCCCCCCCCCCCCCCC. The lowest BCUT2D eigenvalue weighted by molar-refractivity contribution is 0.198. The molecule has 42 heavy (non-hydrogen) atoms. The molecule has 0 heterocycles. The molecule has 0 atom stereocenters. The second-order valence-corrected chi connectivity index (χ2v) is 15.6. The first-order valence-electron chi connectivity index (χ1n) is 19.6. The molecular formula is C38H79O3P. The van der Waals surface area contributed by atoms with Crippen LogP contribution in [-0.4, -0.2) is 19.4 Å². The molecule has 0 aliphatic carbocycles. The fraction of sp³-hybridized carbons (Fsp3) is 1.00. The van der Waals surface area contributed by atoms with Crippen LogP contribution in [0.15, 0.2) is 0 Å². The largest absolute Gasteiger partial charge is 0.330 e. The van der Waals surface area contributed by atoms with E-state index in [1.165, 1.54) is 193 Å². The van der Waals surface area contributed by atoms with Gasteiger partial charge in [0.15, 0.2) is 0 Å². The summed E-state index contributed by atoms with van der Waals surface area (Å²) >= 11 is 0. The second-order valence-electron chi connectivity index (χ2n) is 13.2. The molecule has 0 bridgehead atoms. The van der Waals surface area contributed by atoms with Crippen LogP contribution in [-0.2, 0) is 13.6 Å². The van der Waals surface area contributed by atoms with E-state index in [0.717, 1.165) is 12.8 Å². The first-order valence-corrected chi connectivity index (χ1v) is 21.3. The van der Waals surface area contributed by atoms with E-state index < -0.39 is 7.60 Å². The summed E-state index contributed by atoms with van der Waals surface area (Å²) in [6.45, 7) is 7.69. The van der Waals surface area contributed by atoms with Gasteiger partial charge in [0, 0.05) is 6.16 Å². The summed E-state index contributed by atoms with van der Waals surface area (Å²) in [6.07, 6.45) is 44.1. The van der Waals surface area contributed by atoms with Gasteiger partial charge in [0.05, 0.1) is 13.2 Å². The van der Waals surface area contributed by atoms with E-state index in [0.29, 0.717) is 19.4 Å². The summed E-state index contributed by atoms with van der Waals surface area (Å²) in [5.74, 6) is 0. The molecule has 0 aliphatic heterocycles. The Balaban J connectivity index is 3.38. The monoisotopic (exact) mass is 615 g/mol. The van der Waals surface area contributed by atoms with Crippen molar-refractivity contribution >= 4 is 7.60 Å². The predicted molar refractivity (Wildman–Crippen MR) is 189 cm³/mol. The van der Waals surface area contributed by atoms with Crippen LogP contribution in [0.1, 0.15) is 226 Å². The van der Waals surface area contributed by atoms with Crippen molar-refractivity contribution in [3.63, 3.8) is 0 Å². The molecule has 0 aliphatic rings. The molecule has 254 valence electrons. The molecule has 0 aromatic carbocycles. The van der Waals surface area contributed by atoms with Crippen LogP contribution in [0.2, 0.25) is 0 Å². The maximum absolute atomic E-state index is 12.9. The van der Waals surface area contributed by atoms with E-state index in [-0.39, 0.29) is 0 Å². The van der Waals surface area contributed by atoms with Crippen molar-refractivity contribution in [2.24, 2.45) is 0 Å². The van der Waals surface area contributed by atoms with E-state index in [4.69, 9.17) is 9.05 Å². The van der Waals surface area contributed by atoms with Crippen LogP contribution in [0, 0.1) is 0 Å². The maximum Gasteiger partial charge on any atom is 0.330 e. The van der Waals surface area contributed by atoms with Gasteiger partial charge in [0.25, 0.3) is 0 Å². The van der Waals surface area contributed by atoms with Gasteiger partial charge >= 0.3 is 7.60 Å². The van der Waals surface area contributed by atoms with Crippen LogP contribution < -0.4 is 0 Å². The summed E-state index contributed by atoms with van der Waals surface area (Å²) in [7, 11) is -2.88. The minimum absolute atomic E-state index is 0.491. The third-order valence-electron chi connectivity index (χ3n) is 8.96. The fourth-order valence-electron chi connectivity index (χ4n) is 5.93. The number of rotatable bonds is 37. The Kier molecular flexibility index (Phi) is 35.8. The molecule has 0 radical (unpaired) electrons. The number of hydrogen-bond acceptors (Lipinski definition) is 3. The molecule has 0 unspecified atom stereocenters. The van der Waals surface area contributed by atoms with E-state index in [9.17, 15) is 4.57 Å². The molecular weight excluding hydrogens is 535 g/mol. The summed E-state index contributed by atoms with van der Waals surface area (Å²) in [5.41, 5.74) is 0. The van der Waals surface area contributed by atoms with Crippen molar-refractivity contribution in [1.82, 2.24) is 0 Å². The molecule has 4 heteroatoms. The lowest BCUT2D eigenvalue weighted by atomic mass is 10.0. The molecule has 0 rings (SSSR count). The van der Waals surface area contributed by atoms with Gasteiger partial charge in [-0.3, -0.25) is 4.57 Å². The minimum Gasteiger partial charge on any atom is -0.309 e. The Hall–Kier alpha value is 0.150. The zero-order valence-corrected chi connectivity index (χ0v) is 30.3. The summed E-state index contributed by atoms with van der Waals surface area (Å²) in [5, 5.41) is 0. The summed E-state index contributed by atoms with van der Waals surface area (Å²) in [4.78, 5) is 0. The third kappa shape index (κ3) is 33.1. The highest BCUT2D eigenvalue weighted by Crippen LogP contribution is 2.48. The molecule has 0 spiro atoms. The van der Waals surface area contributed by atoms with E-state index in [1.807, 2.05) is 6.92 Å². The van der Waals surface area contributed by atoms with Crippen molar-refractivity contribution in [3.8, 4) is 0 Å². The molecule has 3 nitrogen and oxygen atoms in total. The second kappa shape index (κ2) is 35.6. The molecule has 0 N–H and O–H groups in total. The smallest absolute Gasteiger partial charge is 0.309 e. The fourth-order valence-corrected chi connectivity index (χ4v) is 7.18. The van der Waals surface area contributed by atoms with Crippen LogP contribution >= 0.6 is 7.60 Å². The van der Waals surface area contributed by atoms with Crippen molar-refractivity contribution in [3.05, 3.63) is 0 Å². The highest BCUT2D eigenvalue weighted by molar-refractivity contribution is 7.53. The van der Waals surface area contributed by atoms with E-state index in [2.05, 4.69) is 13.8 Å².